The monoisotopic (exact) mass is 313 g/mol. The highest BCUT2D eigenvalue weighted by molar-refractivity contribution is 7.99. The fourth-order valence-corrected chi connectivity index (χ4v) is 4.29. The summed E-state index contributed by atoms with van der Waals surface area (Å²) in [5.74, 6) is 3.35. The number of thioether (sulfide) groups is 1. The molecule has 120 valence electrons. The third kappa shape index (κ3) is 4.26. The van der Waals surface area contributed by atoms with Crippen LogP contribution in [0.5, 0.6) is 0 Å². The summed E-state index contributed by atoms with van der Waals surface area (Å²) in [4.78, 5) is 17.8. The summed E-state index contributed by atoms with van der Waals surface area (Å²) in [7, 11) is 6.10. The molecule has 0 bridgehead atoms. The van der Waals surface area contributed by atoms with Crippen molar-refractivity contribution in [3.63, 3.8) is 0 Å². The molecule has 2 heterocycles. The molecule has 21 heavy (non-hydrogen) atoms. The smallest absolute Gasteiger partial charge is 0.220 e. The molecule has 2 unspecified atom stereocenters. The summed E-state index contributed by atoms with van der Waals surface area (Å²) >= 11 is 2.02. The highest BCUT2D eigenvalue weighted by Crippen LogP contribution is 2.31. The number of carbonyl (C=O) groups is 1. The van der Waals surface area contributed by atoms with Gasteiger partial charge in [0.1, 0.15) is 0 Å². The zero-order valence-corrected chi connectivity index (χ0v) is 14.1. The van der Waals surface area contributed by atoms with E-state index in [0.717, 1.165) is 24.7 Å². The number of likely N-dealkylation sites (N-methyl/N-ethyl adjacent to an activating group) is 1. The van der Waals surface area contributed by atoms with Crippen molar-refractivity contribution in [1.82, 2.24) is 20.9 Å². The molecule has 0 saturated carbocycles. The number of hydrogen-bond donors (Lipinski definition) is 3. The molecule has 2 aliphatic heterocycles. The standard InChI is InChI=1S/C14H27N5OS/c1-15-13(18-11-4-5-12(20)16-8-11)17-9-14(19(2)3)6-7-21-10-14/h11H,4-10H2,1-3H3,(H,16,20)(H2,15,17,18). The Kier molecular flexibility index (Phi) is 5.75. The van der Waals surface area contributed by atoms with E-state index in [1.54, 1.807) is 7.05 Å². The lowest BCUT2D eigenvalue weighted by Gasteiger charge is -2.36. The Morgan fingerprint density at radius 3 is 2.90 bits per heavy atom. The summed E-state index contributed by atoms with van der Waals surface area (Å²) in [5.41, 5.74) is 0.211. The number of nitrogens with one attached hydrogen (secondary N) is 3. The van der Waals surface area contributed by atoms with E-state index in [9.17, 15) is 4.79 Å². The van der Waals surface area contributed by atoms with Crippen LogP contribution >= 0.6 is 11.8 Å². The molecule has 0 aliphatic carbocycles. The van der Waals surface area contributed by atoms with Gasteiger partial charge in [-0.3, -0.25) is 9.79 Å². The number of amides is 1. The second-order valence-electron chi connectivity index (χ2n) is 6.03. The molecule has 6 nitrogen and oxygen atoms in total. The van der Waals surface area contributed by atoms with Crippen LogP contribution in [0.15, 0.2) is 4.99 Å². The van der Waals surface area contributed by atoms with Crippen LogP contribution in [-0.4, -0.2) is 74.1 Å². The van der Waals surface area contributed by atoms with Crippen LogP contribution in [-0.2, 0) is 4.79 Å². The topological polar surface area (TPSA) is 68.8 Å². The number of carbonyl (C=O) groups excluding carboxylic acids is 1. The van der Waals surface area contributed by atoms with Gasteiger partial charge in [-0.1, -0.05) is 0 Å². The number of piperidine rings is 1. The summed E-state index contributed by atoms with van der Waals surface area (Å²) in [6, 6.07) is 0.266. The van der Waals surface area contributed by atoms with E-state index in [2.05, 4.69) is 39.9 Å². The quantitative estimate of drug-likeness (QED) is 0.498. The van der Waals surface area contributed by atoms with Gasteiger partial charge in [0.15, 0.2) is 5.96 Å². The van der Waals surface area contributed by atoms with E-state index < -0.39 is 0 Å². The number of rotatable bonds is 4. The molecule has 7 heteroatoms. The van der Waals surface area contributed by atoms with Gasteiger partial charge in [0.2, 0.25) is 5.91 Å². The van der Waals surface area contributed by atoms with E-state index in [1.807, 2.05) is 11.8 Å². The average molecular weight is 313 g/mol. The number of aliphatic imine (C=N–C) groups is 1. The summed E-state index contributed by atoms with van der Waals surface area (Å²) < 4.78 is 0. The fraction of sp³-hybridized carbons (Fsp3) is 0.857. The molecule has 2 atom stereocenters. The third-order valence-corrected chi connectivity index (χ3v) is 5.68. The second-order valence-corrected chi connectivity index (χ2v) is 7.14. The number of hydrogen-bond acceptors (Lipinski definition) is 4. The van der Waals surface area contributed by atoms with Gasteiger partial charge in [-0.15, -0.1) is 0 Å². The SMILES string of the molecule is CN=C(NCC1(N(C)C)CCSC1)NC1CCC(=O)NC1. The van der Waals surface area contributed by atoms with E-state index in [-0.39, 0.29) is 17.5 Å². The van der Waals surface area contributed by atoms with Crippen molar-refractivity contribution in [2.75, 3.05) is 45.7 Å². The van der Waals surface area contributed by atoms with Crippen LogP contribution in [0, 0.1) is 0 Å². The first-order valence-electron chi connectivity index (χ1n) is 7.55. The Bertz CT molecular complexity index is 383. The first-order valence-corrected chi connectivity index (χ1v) is 8.70. The van der Waals surface area contributed by atoms with E-state index in [0.29, 0.717) is 13.0 Å². The summed E-state index contributed by atoms with van der Waals surface area (Å²) in [6.45, 7) is 1.57. The molecule has 2 saturated heterocycles. The van der Waals surface area contributed by atoms with E-state index in [4.69, 9.17) is 0 Å². The van der Waals surface area contributed by atoms with Crippen LogP contribution in [0.2, 0.25) is 0 Å². The molecule has 2 fully saturated rings. The predicted molar refractivity (Wildman–Crippen MR) is 88.9 cm³/mol. The molecule has 1 amide bonds. The van der Waals surface area contributed by atoms with Crippen LogP contribution < -0.4 is 16.0 Å². The Hall–Kier alpha value is -0.950. The van der Waals surface area contributed by atoms with Crippen molar-refractivity contribution in [2.24, 2.45) is 4.99 Å². The van der Waals surface area contributed by atoms with Crippen molar-refractivity contribution in [3.8, 4) is 0 Å². The molecular formula is C14H27N5OS. The lowest BCUT2D eigenvalue weighted by atomic mass is 9.97. The first kappa shape index (κ1) is 16.4. The maximum Gasteiger partial charge on any atom is 0.220 e. The molecular weight excluding hydrogens is 286 g/mol. The minimum absolute atomic E-state index is 0.144. The highest BCUT2D eigenvalue weighted by atomic mass is 32.2. The first-order chi connectivity index (χ1) is 10.1. The third-order valence-electron chi connectivity index (χ3n) is 4.45. The molecule has 3 N–H and O–H groups in total. The zero-order chi connectivity index (χ0) is 15.3. The Morgan fingerprint density at radius 1 is 1.57 bits per heavy atom. The van der Waals surface area contributed by atoms with Crippen LogP contribution in [0.4, 0.5) is 0 Å². The van der Waals surface area contributed by atoms with Gasteiger partial charge < -0.3 is 20.9 Å². The maximum atomic E-state index is 11.2. The molecule has 2 rings (SSSR count). The maximum absolute atomic E-state index is 11.2. The minimum Gasteiger partial charge on any atom is -0.355 e. The van der Waals surface area contributed by atoms with Crippen molar-refractivity contribution < 1.29 is 4.79 Å². The summed E-state index contributed by atoms with van der Waals surface area (Å²) in [5, 5.41) is 9.76. The van der Waals surface area contributed by atoms with E-state index >= 15 is 0 Å². The van der Waals surface area contributed by atoms with Crippen molar-refractivity contribution in [1.29, 1.82) is 0 Å². The molecule has 0 radical (unpaired) electrons. The minimum atomic E-state index is 0.144. The van der Waals surface area contributed by atoms with Gasteiger partial charge in [-0.05, 0) is 32.7 Å². The highest BCUT2D eigenvalue weighted by Gasteiger charge is 2.36. The molecule has 0 aromatic heterocycles. The van der Waals surface area contributed by atoms with Crippen LogP contribution in [0.3, 0.4) is 0 Å². The molecule has 0 aromatic carbocycles. The lowest BCUT2D eigenvalue weighted by Crippen LogP contribution is -2.57. The van der Waals surface area contributed by atoms with Crippen LogP contribution in [0.25, 0.3) is 0 Å². The molecule has 0 aromatic rings. The second kappa shape index (κ2) is 7.35. The molecule has 0 spiro atoms. The number of guanidine groups is 1. The summed E-state index contributed by atoms with van der Waals surface area (Å²) in [6.07, 6.45) is 2.66. The lowest BCUT2D eigenvalue weighted by molar-refractivity contribution is -0.122. The normalized spacial score (nSPS) is 30.4. The molecule has 2 aliphatic rings. The van der Waals surface area contributed by atoms with Gasteiger partial charge in [-0.25, -0.2) is 0 Å². The largest absolute Gasteiger partial charge is 0.355 e. The van der Waals surface area contributed by atoms with Gasteiger partial charge in [-0.2, -0.15) is 11.8 Å². The van der Waals surface area contributed by atoms with Crippen LogP contribution in [0.1, 0.15) is 19.3 Å². The van der Waals surface area contributed by atoms with Gasteiger partial charge in [0.05, 0.1) is 0 Å². The number of nitrogens with zero attached hydrogens (tertiary/aromatic N) is 2. The van der Waals surface area contributed by atoms with Crippen molar-refractivity contribution in [2.45, 2.75) is 30.8 Å². The predicted octanol–water partition coefficient (Wildman–Crippen LogP) is -0.133. The van der Waals surface area contributed by atoms with Gasteiger partial charge in [0, 0.05) is 43.9 Å². The Balaban J connectivity index is 1.83. The van der Waals surface area contributed by atoms with Crippen molar-refractivity contribution in [3.05, 3.63) is 0 Å². The fourth-order valence-electron chi connectivity index (χ4n) is 2.74. The van der Waals surface area contributed by atoms with E-state index in [1.165, 1.54) is 12.2 Å². The van der Waals surface area contributed by atoms with Gasteiger partial charge >= 0.3 is 0 Å². The Morgan fingerprint density at radius 2 is 2.38 bits per heavy atom. The zero-order valence-electron chi connectivity index (χ0n) is 13.2. The average Bonchev–Trinajstić information content (AvgIpc) is 2.96. The van der Waals surface area contributed by atoms with Gasteiger partial charge in [0.25, 0.3) is 0 Å². The van der Waals surface area contributed by atoms with Crippen molar-refractivity contribution >= 4 is 23.6 Å². The Labute approximate surface area is 131 Å².